The monoisotopic (exact) mass is 473 g/mol. The molecule has 0 aliphatic heterocycles. The lowest BCUT2D eigenvalue weighted by Gasteiger charge is -2.13. The van der Waals surface area contributed by atoms with Crippen LogP contribution in [0.15, 0.2) is 54.6 Å². The van der Waals surface area contributed by atoms with Crippen LogP contribution in [-0.4, -0.2) is 4.57 Å². The molecule has 0 saturated heterocycles. The summed E-state index contributed by atoms with van der Waals surface area (Å²) in [5, 5.41) is 1.48. The molecule has 0 N–H and O–H groups in total. The third-order valence-electron chi connectivity index (χ3n) is 7.64. The summed E-state index contributed by atoms with van der Waals surface area (Å²) in [4.78, 5) is 0. The maximum Gasteiger partial charge on any atom is 0.0523 e. The molecule has 0 amide bonds. The number of unbranched alkanes of at least 4 members (excludes halogenated alkanes) is 14. The molecule has 0 aliphatic carbocycles. The first-order valence-electron chi connectivity index (χ1n) is 15.0. The Morgan fingerprint density at radius 3 is 1.66 bits per heavy atom. The van der Waals surface area contributed by atoms with Gasteiger partial charge >= 0.3 is 0 Å². The van der Waals surface area contributed by atoms with Crippen molar-refractivity contribution in [2.75, 3.05) is 0 Å². The molecule has 0 saturated carbocycles. The van der Waals surface area contributed by atoms with Gasteiger partial charge in [0.05, 0.1) is 5.69 Å². The summed E-state index contributed by atoms with van der Waals surface area (Å²) < 4.78 is 2.65. The summed E-state index contributed by atoms with van der Waals surface area (Å²) in [6.07, 6.45) is 23.2. The van der Waals surface area contributed by atoms with Gasteiger partial charge in [-0.05, 0) is 36.5 Å². The summed E-state index contributed by atoms with van der Waals surface area (Å²) >= 11 is 0. The van der Waals surface area contributed by atoms with E-state index < -0.39 is 0 Å². The Hall–Kier alpha value is -2.02. The van der Waals surface area contributed by atoms with E-state index >= 15 is 0 Å². The first-order chi connectivity index (χ1) is 17.4. The molecule has 35 heavy (non-hydrogen) atoms. The van der Waals surface area contributed by atoms with Gasteiger partial charge in [0.25, 0.3) is 0 Å². The maximum atomic E-state index is 2.65. The molecular formula is C34H51N. The number of hydrogen-bond acceptors (Lipinski definition) is 0. The molecule has 1 heteroatoms. The highest BCUT2D eigenvalue weighted by Crippen LogP contribution is 2.35. The molecule has 0 aliphatic rings. The quantitative estimate of drug-likeness (QED) is 0.153. The number of nitrogens with zero attached hydrogens (tertiary/aromatic N) is 1. The van der Waals surface area contributed by atoms with Crippen LogP contribution in [0, 0.1) is 0 Å². The highest BCUT2D eigenvalue weighted by molar-refractivity contribution is 5.92. The number of fused-ring (bicyclic) bond motifs is 1. The van der Waals surface area contributed by atoms with Gasteiger partial charge in [0, 0.05) is 17.4 Å². The average Bonchev–Trinajstić information content (AvgIpc) is 3.21. The van der Waals surface area contributed by atoms with E-state index in [1.165, 1.54) is 131 Å². The molecule has 1 aromatic heterocycles. The lowest BCUT2D eigenvalue weighted by Crippen LogP contribution is -2.02. The van der Waals surface area contributed by atoms with Crippen molar-refractivity contribution in [3.05, 3.63) is 60.2 Å². The van der Waals surface area contributed by atoms with Gasteiger partial charge in [-0.25, -0.2) is 0 Å². The minimum atomic E-state index is 1.14. The fourth-order valence-electron chi connectivity index (χ4n) is 5.63. The lowest BCUT2D eigenvalue weighted by atomic mass is 9.99. The van der Waals surface area contributed by atoms with Crippen LogP contribution in [0.3, 0.4) is 0 Å². The van der Waals surface area contributed by atoms with Crippen LogP contribution in [-0.2, 0) is 13.0 Å². The molecule has 2 aromatic carbocycles. The topological polar surface area (TPSA) is 4.93 Å². The molecular weight excluding hydrogens is 422 g/mol. The highest BCUT2D eigenvalue weighted by Gasteiger charge is 2.17. The Morgan fingerprint density at radius 1 is 0.514 bits per heavy atom. The van der Waals surface area contributed by atoms with Gasteiger partial charge < -0.3 is 4.57 Å². The molecule has 3 rings (SSSR count). The van der Waals surface area contributed by atoms with Crippen molar-refractivity contribution in [2.24, 2.45) is 0 Å². The molecule has 0 spiro atoms. The molecule has 1 heterocycles. The number of aryl methyl sites for hydroxylation is 2. The van der Waals surface area contributed by atoms with E-state index in [1.807, 2.05) is 0 Å². The number of benzene rings is 2. The molecule has 1 nitrogen and oxygen atoms in total. The molecule has 0 unspecified atom stereocenters. The van der Waals surface area contributed by atoms with Crippen molar-refractivity contribution in [1.82, 2.24) is 4.57 Å². The second-order valence-corrected chi connectivity index (χ2v) is 10.6. The van der Waals surface area contributed by atoms with Gasteiger partial charge in [0.2, 0.25) is 0 Å². The van der Waals surface area contributed by atoms with Crippen LogP contribution in [0.5, 0.6) is 0 Å². The minimum absolute atomic E-state index is 1.14. The summed E-state index contributed by atoms with van der Waals surface area (Å²) in [6.45, 7) is 5.74. The van der Waals surface area contributed by atoms with E-state index in [0.29, 0.717) is 0 Å². The third-order valence-corrected chi connectivity index (χ3v) is 7.64. The largest absolute Gasteiger partial charge is 0.340 e. The van der Waals surface area contributed by atoms with Crippen molar-refractivity contribution in [3.63, 3.8) is 0 Å². The second-order valence-electron chi connectivity index (χ2n) is 10.6. The van der Waals surface area contributed by atoms with Crippen molar-refractivity contribution in [2.45, 2.75) is 130 Å². The van der Waals surface area contributed by atoms with Crippen LogP contribution in [0.1, 0.15) is 122 Å². The predicted octanol–water partition coefficient (Wildman–Crippen LogP) is 11.1. The standard InChI is InChI=1S/C34H51N/c1-3-5-7-9-11-13-15-20-27-32-31-26-21-22-28-33(31)35(34(32)30-24-18-17-19-25-30)29-23-16-14-12-10-8-6-4-2/h17-19,21-22,24-26,28H,3-16,20,23,27,29H2,1-2H3. The Bertz CT molecular complexity index is 879. The average molecular weight is 474 g/mol. The molecule has 0 radical (unpaired) electrons. The Labute approximate surface area is 216 Å². The van der Waals surface area contributed by atoms with Crippen molar-refractivity contribution < 1.29 is 0 Å². The van der Waals surface area contributed by atoms with E-state index in [0.717, 1.165) is 6.54 Å². The normalized spacial score (nSPS) is 11.5. The zero-order chi connectivity index (χ0) is 24.6. The maximum absolute atomic E-state index is 2.65. The van der Waals surface area contributed by atoms with Crippen LogP contribution in [0.4, 0.5) is 0 Å². The lowest BCUT2D eigenvalue weighted by molar-refractivity contribution is 0.549. The van der Waals surface area contributed by atoms with Crippen molar-refractivity contribution >= 4 is 10.9 Å². The molecule has 3 aromatic rings. The first kappa shape index (κ1) is 27.6. The third kappa shape index (κ3) is 8.85. The van der Waals surface area contributed by atoms with E-state index in [4.69, 9.17) is 0 Å². The van der Waals surface area contributed by atoms with Crippen LogP contribution in [0.25, 0.3) is 22.2 Å². The predicted molar refractivity (Wildman–Crippen MR) is 156 cm³/mol. The fourth-order valence-corrected chi connectivity index (χ4v) is 5.63. The van der Waals surface area contributed by atoms with E-state index in [1.54, 1.807) is 5.56 Å². The Balaban J connectivity index is 1.68. The number of rotatable bonds is 19. The SMILES string of the molecule is CCCCCCCCCCc1c(-c2ccccc2)n(CCCCCCCCCC)c2ccccc12. The van der Waals surface area contributed by atoms with E-state index in [9.17, 15) is 0 Å². The Morgan fingerprint density at radius 2 is 1.03 bits per heavy atom. The van der Waals surface area contributed by atoms with Gasteiger partial charge in [-0.2, -0.15) is 0 Å². The number of aromatic nitrogens is 1. The van der Waals surface area contributed by atoms with Gasteiger partial charge in [-0.15, -0.1) is 0 Å². The first-order valence-corrected chi connectivity index (χ1v) is 15.0. The fraction of sp³-hybridized carbons (Fsp3) is 0.588. The van der Waals surface area contributed by atoms with Crippen molar-refractivity contribution in [3.8, 4) is 11.3 Å². The van der Waals surface area contributed by atoms with Crippen LogP contribution < -0.4 is 0 Å². The van der Waals surface area contributed by atoms with Gasteiger partial charge in [-0.3, -0.25) is 0 Å². The minimum Gasteiger partial charge on any atom is -0.340 e. The van der Waals surface area contributed by atoms with Crippen molar-refractivity contribution in [1.29, 1.82) is 0 Å². The summed E-state index contributed by atoms with van der Waals surface area (Å²) in [6, 6.07) is 20.4. The molecule has 192 valence electrons. The number of para-hydroxylation sites is 1. The Kier molecular flexibility index (Phi) is 13.1. The summed E-state index contributed by atoms with van der Waals surface area (Å²) in [5.41, 5.74) is 5.89. The second kappa shape index (κ2) is 16.6. The smallest absolute Gasteiger partial charge is 0.0523 e. The molecule has 0 atom stereocenters. The molecule has 0 bridgehead atoms. The zero-order valence-electron chi connectivity index (χ0n) is 22.9. The zero-order valence-corrected chi connectivity index (χ0v) is 22.9. The van der Waals surface area contributed by atoms with Gasteiger partial charge in [0.1, 0.15) is 0 Å². The summed E-state index contributed by atoms with van der Waals surface area (Å²) in [5.74, 6) is 0. The van der Waals surface area contributed by atoms with E-state index in [2.05, 4.69) is 73.0 Å². The number of hydrogen-bond donors (Lipinski definition) is 0. The summed E-state index contributed by atoms with van der Waals surface area (Å²) in [7, 11) is 0. The van der Waals surface area contributed by atoms with E-state index in [-0.39, 0.29) is 0 Å². The molecule has 0 fully saturated rings. The highest BCUT2D eigenvalue weighted by atomic mass is 15.0. The van der Waals surface area contributed by atoms with Crippen LogP contribution in [0.2, 0.25) is 0 Å². The van der Waals surface area contributed by atoms with Gasteiger partial charge in [0.15, 0.2) is 0 Å². The van der Waals surface area contributed by atoms with Crippen LogP contribution >= 0.6 is 0 Å². The van der Waals surface area contributed by atoms with Gasteiger partial charge in [-0.1, -0.05) is 152 Å².